The fourth-order valence-corrected chi connectivity index (χ4v) is 2.13. The molecular formula is C11H16N2O. The number of rotatable bonds is 2. The molecule has 0 bridgehead atoms. The summed E-state index contributed by atoms with van der Waals surface area (Å²) in [5.74, 6) is 0.265. The Balaban J connectivity index is 2.34. The molecule has 2 rings (SSSR count). The molecule has 1 heterocycles. The van der Waals surface area contributed by atoms with Crippen molar-refractivity contribution in [2.24, 2.45) is 5.73 Å². The van der Waals surface area contributed by atoms with Gasteiger partial charge in [0.05, 0.1) is 6.61 Å². The van der Waals surface area contributed by atoms with Crippen molar-refractivity contribution in [3.05, 3.63) is 29.8 Å². The van der Waals surface area contributed by atoms with Crippen molar-refractivity contribution < 1.29 is 5.11 Å². The number of fused-ring (bicyclic) bond motifs is 1. The zero-order valence-electron chi connectivity index (χ0n) is 8.35. The van der Waals surface area contributed by atoms with Gasteiger partial charge in [-0.15, -0.1) is 0 Å². The molecule has 0 spiro atoms. The predicted octanol–water partition coefficient (Wildman–Crippen LogP) is 0.540. The number of likely N-dealkylation sites (N-methyl/N-ethyl adjacent to an activating group) is 1. The van der Waals surface area contributed by atoms with E-state index in [0.29, 0.717) is 0 Å². The van der Waals surface area contributed by atoms with E-state index in [2.05, 4.69) is 24.1 Å². The Morgan fingerprint density at radius 3 is 3.00 bits per heavy atom. The predicted molar refractivity (Wildman–Crippen MR) is 57.5 cm³/mol. The minimum absolute atomic E-state index is 0.0485. The monoisotopic (exact) mass is 192 g/mol. The fraction of sp³-hybridized carbons (Fsp3) is 0.455. The van der Waals surface area contributed by atoms with Crippen LogP contribution in [0.2, 0.25) is 0 Å². The van der Waals surface area contributed by atoms with Crippen molar-refractivity contribution in [2.45, 2.75) is 12.0 Å². The highest BCUT2D eigenvalue weighted by Gasteiger charge is 2.29. The number of hydrogen-bond acceptors (Lipinski definition) is 3. The van der Waals surface area contributed by atoms with Crippen LogP contribution in [0.5, 0.6) is 0 Å². The Morgan fingerprint density at radius 2 is 2.29 bits per heavy atom. The van der Waals surface area contributed by atoms with Crippen LogP contribution in [0.15, 0.2) is 24.3 Å². The van der Waals surface area contributed by atoms with Crippen LogP contribution in [0.4, 0.5) is 5.69 Å². The third-order valence-electron chi connectivity index (χ3n) is 2.95. The Labute approximate surface area is 84.1 Å². The second kappa shape index (κ2) is 3.59. The number of benzene rings is 1. The maximum absolute atomic E-state index is 9.06. The van der Waals surface area contributed by atoms with E-state index < -0.39 is 0 Å². The first-order chi connectivity index (χ1) is 6.74. The Morgan fingerprint density at radius 1 is 1.57 bits per heavy atom. The molecular weight excluding hydrogens is 176 g/mol. The topological polar surface area (TPSA) is 49.5 Å². The highest BCUT2D eigenvalue weighted by Crippen LogP contribution is 2.36. The normalized spacial score (nSPS) is 22.2. The van der Waals surface area contributed by atoms with Crippen molar-refractivity contribution in [1.29, 1.82) is 0 Å². The SMILES string of the molecule is CN1CC(C(N)CO)c2ccccc21. The lowest BCUT2D eigenvalue weighted by atomic mass is 9.94. The highest BCUT2D eigenvalue weighted by atomic mass is 16.3. The van der Waals surface area contributed by atoms with E-state index in [1.165, 1.54) is 11.3 Å². The van der Waals surface area contributed by atoms with Gasteiger partial charge in [0, 0.05) is 31.2 Å². The van der Waals surface area contributed by atoms with Crippen molar-refractivity contribution >= 4 is 5.69 Å². The first-order valence-electron chi connectivity index (χ1n) is 4.90. The fourth-order valence-electron chi connectivity index (χ4n) is 2.13. The Bertz CT molecular complexity index is 327. The summed E-state index contributed by atoms with van der Waals surface area (Å²) in [6.45, 7) is 0.952. The average molecular weight is 192 g/mol. The molecule has 0 amide bonds. The lowest BCUT2D eigenvalue weighted by Gasteiger charge is -2.17. The molecule has 1 aliphatic heterocycles. The van der Waals surface area contributed by atoms with Crippen LogP contribution in [0.1, 0.15) is 11.5 Å². The maximum atomic E-state index is 9.06. The molecule has 0 aliphatic carbocycles. The molecule has 76 valence electrons. The molecule has 2 unspecified atom stereocenters. The lowest BCUT2D eigenvalue weighted by Crippen LogP contribution is -2.34. The summed E-state index contributed by atoms with van der Waals surface area (Å²) in [5.41, 5.74) is 8.38. The van der Waals surface area contributed by atoms with Crippen LogP contribution >= 0.6 is 0 Å². The highest BCUT2D eigenvalue weighted by molar-refractivity contribution is 5.60. The van der Waals surface area contributed by atoms with Gasteiger partial charge >= 0.3 is 0 Å². The molecule has 14 heavy (non-hydrogen) atoms. The zero-order valence-corrected chi connectivity index (χ0v) is 8.35. The lowest BCUT2D eigenvalue weighted by molar-refractivity contribution is 0.251. The van der Waals surface area contributed by atoms with Crippen LogP contribution in [0.25, 0.3) is 0 Å². The van der Waals surface area contributed by atoms with Crippen molar-refractivity contribution in [1.82, 2.24) is 0 Å². The number of aliphatic hydroxyl groups excluding tert-OH is 1. The Hall–Kier alpha value is -1.06. The van der Waals surface area contributed by atoms with Gasteiger partial charge in [0.15, 0.2) is 0 Å². The minimum atomic E-state index is -0.152. The van der Waals surface area contributed by atoms with E-state index in [0.717, 1.165) is 6.54 Å². The molecule has 0 aromatic heterocycles. The van der Waals surface area contributed by atoms with Crippen molar-refractivity contribution in [3.63, 3.8) is 0 Å². The van der Waals surface area contributed by atoms with Crippen LogP contribution < -0.4 is 10.6 Å². The maximum Gasteiger partial charge on any atom is 0.0589 e. The quantitative estimate of drug-likeness (QED) is 0.719. The van der Waals surface area contributed by atoms with E-state index in [-0.39, 0.29) is 18.6 Å². The molecule has 3 N–H and O–H groups in total. The van der Waals surface area contributed by atoms with E-state index in [9.17, 15) is 0 Å². The molecule has 0 saturated carbocycles. The van der Waals surface area contributed by atoms with Gasteiger partial charge in [-0.3, -0.25) is 0 Å². The van der Waals surface area contributed by atoms with E-state index >= 15 is 0 Å². The average Bonchev–Trinajstić information content (AvgIpc) is 2.56. The van der Waals surface area contributed by atoms with Gasteiger partial charge < -0.3 is 15.7 Å². The van der Waals surface area contributed by atoms with Crippen LogP contribution in [-0.2, 0) is 0 Å². The molecule has 0 radical (unpaired) electrons. The summed E-state index contributed by atoms with van der Waals surface area (Å²) < 4.78 is 0. The van der Waals surface area contributed by atoms with Gasteiger partial charge in [-0.05, 0) is 11.6 Å². The number of nitrogens with zero attached hydrogens (tertiary/aromatic N) is 1. The van der Waals surface area contributed by atoms with E-state index in [4.69, 9.17) is 10.8 Å². The Kier molecular flexibility index (Phi) is 2.44. The molecule has 1 aromatic carbocycles. The summed E-state index contributed by atoms with van der Waals surface area (Å²) in [7, 11) is 2.06. The van der Waals surface area contributed by atoms with Crippen LogP contribution in [0, 0.1) is 0 Å². The zero-order chi connectivity index (χ0) is 10.1. The van der Waals surface area contributed by atoms with Gasteiger partial charge in [-0.25, -0.2) is 0 Å². The molecule has 3 nitrogen and oxygen atoms in total. The molecule has 3 heteroatoms. The molecule has 0 fully saturated rings. The van der Waals surface area contributed by atoms with Crippen molar-refractivity contribution in [2.75, 3.05) is 25.1 Å². The van der Waals surface area contributed by atoms with Crippen LogP contribution in [0.3, 0.4) is 0 Å². The van der Waals surface area contributed by atoms with Gasteiger partial charge in [0.25, 0.3) is 0 Å². The smallest absolute Gasteiger partial charge is 0.0589 e. The third kappa shape index (κ3) is 1.38. The second-order valence-electron chi connectivity index (χ2n) is 3.89. The second-order valence-corrected chi connectivity index (χ2v) is 3.89. The number of nitrogens with two attached hydrogens (primary N) is 1. The number of para-hydroxylation sites is 1. The standard InChI is InChI=1S/C11H16N2O/c1-13-6-9(10(12)7-14)8-4-2-3-5-11(8)13/h2-5,9-10,14H,6-7,12H2,1H3. The summed E-state index contributed by atoms with van der Waals surface area (Å²) in [6, 6.07) is 8.09. The number of hydrogen-bond donors (Lipinski definition) is 2. The third-order valence-corrected chi connectivity index (χ3v) is 2.95. The number of aliphatic hydroxyl groups is 1. The summed E-state index contributed by atoms with van der Waals surface area (Å²) in [4.78, 5) is 2.19. The summed E-state index contributed by atoms with van der Waals surface area (Å²) in [5, 5.41) is 9.06. The van der Waals surface area contributed by atoms with Gasteiger partial charge in [-0.2, -0.15) is 0 Å². The largest absolute Gasteiger partial charge is 0.395 e. The van der Waals surface area contributed by atoms with Crippen molar-refractivity contribution in [3.8, 4) is 0 Å². The van der Waals surface area contributed by atoms with E-state index in [1.54, 1.807) is 0 Å². The molecule has 1 aliphatic rings. The van der Waals surface area contributed by atoms with E-state index in [1.807, 2.05) is 12.1 Å². The minimum Gasteiger partial charge on any atom is -0.395 e. The van der Waals surface area contributed by atoms with Gasteiger partial charge in [0.2, 0.25) is 0 Å². The molecule has 2 atom stereocenters. The summed E-state index contributed by atoms with van der Waals surface area (Å²) >= 11 is 0. The number of anilines is 1. The first-order valence-corrected chi connectivity index (χ1v) is 4.90. The summed E-state index contributed by atoms with van der Waals surface area (Å²) in [6.07, 6.45) is 0. The van der Waals surface area contributed by atoms with Gasteiger partial charge in [0.1, 0.15) is 0 Å². The first kappa shape index (κ1) is 9.49. The molecule has 1 aromatic rings. The molecule has 0 saturated heterocycles. The van der Waals surface area contributed by atoms with Crippen LogP contribution in [-0.4, -0.2) is 31.3 Å². The van der Waals surface area contributed by atoms with Gasteiger partial charge in [-0.1, -0.05) is 18.2 Å².